The van der Waals surface area contributed by atoms with Gasteiger partial charge in [0.05, 0.1) is 19.2 Å². The predicted molar refractivity (Wildman–Crippen MR) is 89.8 cm³/mol. The summed E-state index contributed by atoms with van der Waals surface area (Å²) in [5, 5.41) is 0. The van der Waals surface area contributed by atoms with Gasteiger partial charge in [0.15, 0.2) is 5.82 Å². The lowest BCUT2D eigenvalue weighted by Crippen LogP contribution is -2.28. The van der Waals surface area contributed by atoms with Gasteiger partial charge in [-0.05, 0) is 43.3 Å². The number of nitrogens with zero attached hydrogens (tertiary/aromatic N) is 2. The van der Waals surface area contributed by atoms with Crippen molar-refractivity contribution in [1.29, 1.82) is 0 Å². The van der Waals surface area contributed by atoms with Gasteiger partial charge in [0.1, 0.15) is 11.3 Å². The van der Waals surface area contributed by atoms with E-state index in [2.05, 4.69) is 4.98 Å². The van der Waals surface area contributed by atoms with Crippen LogP contribution < -0.4 is 10.3 Å². The Bertz CT molecular complexity index is 996. The van der Waals surface area contributed by atoms with Gasteiger partial charge in [-0.25, -0.2) is 14.2 Å². The van der Waals surface area contributed by atoms with Gasteiger partial charge in [-0.2, -0.15) is 0 Å². The van der Waals surface area contributed by atoms with Crippen molar-refractivity contribution in [2.45, 2.75) is 6.92 Å². The normalized spacial score (nSPS) is 10.7. The van der Waals surface area contributed by atoms with Crippen LogP contribution in [-0.2, 0) is 4.74 Å². The molecular weight excluding hydrogens is 327 g/mol. The molecule has 0 amide bonds. The number of ether oxygens (including phenoxy) is 2. The highest BCUT2D eigenvalue weighted by atomic mass is 19.1. The first-order valence-electron chi connectivity index (χ1n) is 7.59. The highest BCUT2D eigenvalue weighted by Gasteiger charge is 2.21. The van der Waals surface area contributed by atoms with Crippen LogP contribution in [0.4, 0.5) is 4.39 Å². The van der Waals surface area contributed by atoms with Crippen molar-refractivity contribution in [3.8, 4) is 11.4 Å². The van der Waals surface area contributed by atoms with Gasteiger partial charge in [-0.1, -0.05) is 6.07 Å². The second-order valence-corrected chi connectivity index (χ2v) is 5.13. The zero-order valence-electron chi connectivity index (χ0n) is 13.7. The maximum atomic E-state index is 14.2. The second-order valence-electron chi connectivity index (χ2n) is 5.13. The van der Waals surface area contributed by atoms with Crippen molar-refractivity contribution >= 4 is 17.0 Å². The SMILES string of the molecule is CCOC(=O)c1nc2c(F)cccc2n(-c2ccc(OC)cc2)c1=O. The summed E-state index contributed by atoms with van der Waals surface area (Å²) in [6.07, 6.45) is 0. The Balaban J connectivity index is 2.34. The molecule has 0 saturated carbocycles. The molecule has 3 rings (SSSR count). The molecular formula is C18H15FN2O4. The maximum absolute atomic E-state index is 14.2. The van der Waals surface area contributed by atoms with Crippen molar-refractivity contribution in [1.82, 2.24) is 9.55 Å². The van der Waals surface area contributed by atoms with Crippen LogP contribution in [0.5, 0.6) is 5.75 Å². The lowest BCUT2D eigenvalue weighted by Gasteiger charge is -2.12. The van der Waals surface area contributed by atoms with Crippen LogP contribution in [0.1, 0.15) is 17.4 Å². The molecule has 0 aliphatic heterocycles. The number of carbonyl (C=O) groups is 1. The zero-order valence-corrected chi connectivity index (χ0v) is 13.7. The van der Waals surface area contributed by atoms with E-state index in [1.807, 2.05) is 0 Å². The van der Waals surface area contributed by atoms with Crippen LogP contribution in [0.3, 0.4) is 0 Å². The van der Waals surface area contributed by atoms with Crippen LogP contribution in [0.15, 0.2) is 47.3 Å². The molecule has 128 valence electrons. The first-order chi connectivity index (χ1) is 12.1. The minimum Gasteiger partial charge on any atom is -0.497 e. The summed E-state index contributed by atoms with van der Waals surface area (Å²) in [6.45, 7) is 1.69. The molecule has 1 aromatic heterocycles. The van der Waals surface area contributed by atoms with E-state index in [0.717, 1.165) is 0 Å². The molecule has 0 saturated heterocycles. The van der Waals surface area contributed by atoms with Gasteiger partial charge in [-0.15, -0.1) is 0 Å². The van der Waals surface area contributed by atoms with E-state index >= 15 is 0 Å². The number of fused-ring (bicyclic) bond motifs is 1. The lowest BCUT2D eigenvalue weighted by atomic mass is 10.2. The summed E-state index contributed by atoms with van der Waals surface area (Å²) in [5.74, 6) is -0.919. The Labute approximate surface area is 142 Å². The average molecular weight is 342 g/mol. The molecule has 0 bridgehead atoms. The van der Waals surface area contributed by atoms with Crippen LogP contribution in [0.25, 0.3) is 16.7 Å². The fraction of sp³-hybridized carbons (Fsp3) is 0.167. The molecule has 0 atom stereocenters. The summed E-state index contributed by atoms with van der Waals surface area (Å²) < 4.78 is 25.4. The highest BCUT2D eigenvalue weighted by Crippen LogP contribution is 2.20. The Hall–Kier alpha value is -3.22. The molecule has 1 heterocycles. The lowest BCUT2D eigenvalue weighted by molar-refractivity contribution is 0.0517. The molecule has 7 heteroatoms. The molecule has 0 aliphatic rings. The van der Waals surface area contributed by atoms with E-state index in [-0.39, 0.29) is 17.6 Å². The average Bonchev–Trinajstić information content (AvgIpc) is 2.62. The Morgan fingerprint density at radius 2 is 1.92 bits per heavy atom. The Kier molecular flexibility index (Phi) is 4.47. The molecule has 2 aromatic carbocycles. The number of para-hydroxylation sites is 1. The fourth-order valence-electron chi connectivity index (χ4n) is 2.49. The van der Waals surface area contributed by atoms with Crippen molar-refractivity contribution in [2.75, 3.05) is 13.7 Å². The van der Waals surface area contributed by atoms with Crippen molar-refractivity contribution in [2.24, 2.45) is 0 Å². The third kappa shape index (κ3) is 2.96. The number of aromatic nitrogens is 2. The van der Waals surface area contributed by atoms with Crippen molar-refractivity contribution in [3.05, 3.63) is 64.3 Å². The number of halogens is 1. The number of benzene rings is 2. The van der Waals surface area contributed by atoms with E-state index in [4.69, 9.17) is 9.47 Å². The molecule has 0 fully saturated rings. The van der Waals surface area contributed by atoms with Crippen molar-refractivity contribution in [3.63, 3.8) is 0 Å². The quantitative estimate of drug-likeness (QED) is 0.682. The van der Waals surface area contributed by atoms with E-state index in [9.17, 15) is 14.0 Å². The highest BCUT2D eigenvalue weighted by molar-refractivity contribution is 5.90. The summed E-state index contributed by atoms with van der Waals surface area (Å²) in [5.41, 5.74) is -0.518. The maximum Gasteiger partial charge on any atom is 0.362 e. The largest absolute Gasteiger partial charge is 0.497 e. The van der Waals surface area contributed by atoms with Crippen LogP contribution in [0.2, 0.25) is 0 Å². The predicted octanol–water partition coefficient (Wildman–Crippen LogP) is 2.71. The Morgan fingerprint density at radius 1 is 1.20 bits per heavy atom. The van der Waals surface area contributed by atoms with Crippen LogP contribution in [0, 0.1) is 5.82 Å². The van der Waals surface area contributed by atoms with Gasteiger partial charge >= 0.3 is 5.97 Å². The third-order valence-corrected chi connectivity index (χ3v) is 3.64. The van der Waals surface area contributed by atoms with Gasteiger partial charge in [-0.3, -0.25) is 9.36 Å². The van der Waals surface area contributed by atoms with Crippen LogP contribution >= 0.6 is 0 Å². The van der Waals surface area contributed by atoms with E-state index < -0.39 is 23.0 Å². The number of esters is 1. The van der Waals surface area contributed by atoms with E-state index in [1.54, 1.807) is 37.3 Å². The number of hydrogen-bond donors (Lipinski definition) is 0. The smallest absolute Gasteiger partial charge is 0.362 e. The molecule has 0 radical (unpaired) electrons. The minimum absolute atomic E-state index is 0.0811. The molecule has 0 N–H and O–H groups in total. The van der Waals surface area contributed by atoms with Crippen LogP contribution in [-0.4, -0.2) is 29.2 Å². The van der Waals surface area contributed by atoms with Crippen molar-refractivity contribution < 1.29 is 18.7 Å². The van der Waals surface area contributed by atoms with Gasteiger partial charge in [0.25, 0.3) is 5.56 Å². The number of carbonyl (C=O) groups excluding carboxylic acids is 1. The standard InChI is InChI=1S/C18H15FN2O4/c1-3-25-18(23)16-17(22)21(11-7-9-12(24-2)10-8-11)14-6-4-5-13(19)15(14)20-16/h4-10H,3H2,1-2H3. The first-order valence-corrected chi connectivity index (χ1v) is 7.59. The monoisotopic (exact) mass is 342 g/mol. The first kappa shape index (κ1) is 16.6. The topological polar surface area (TPSA) is 70.4 Å². The van der Waals surface area contributed by atoms with Gasteiger partial charge < -0.3 is 9.47 Å². The molecule has 25 heavy (non-hydrogen) atoms. The summed E-state index contributed by atoms with van der Waals surface area (Å²) in [6, 6.07) is 10.9. The van der Waals surface area contributed by atoms with E-state index in [1.165, 1.54) is 23.8 Å². The minimum atomic E-state index is -0.889. The van der Waals surface area contributed by atoms with E-state index in [0.29, 0.717) is 11.4 Å². The number of methoxy groups -OCH3 is 1. The molecule has 6 nitrogen and oxygen atoms in total. The molecule has 0 aliphatic carbocycles. The summed E-state index contributed by atoms with van der Waals surface area (Å²) >= 11 is 0. The molecule has 0 spiro atoms. The molecule has 3 aromatic rings. The molecule has 0 unspecified atom stereocenters. The third-order valence-electron chi connectivity index (χ3n) is 3.64. The van der Waals surface area contributed by atoms with Gasteiger partial charge in [0.2, 0.25) is 5.69 Å². The number of rotatable bonds is 4. The fourth-order valence-corrected chi connectivity index (χ4v) is 2.49. The zero-order chi connectivity index (χ0) is 18.0. The summed E-state index contributed by atoms with van der Waals surface area (Å²) in [4.78, 5) is 28.8. The second kappa shape index (κ2) is 6.72. The Morgan fingerprint density at radius 3 is 2.56 bits per heavy atom. The number of hydrogen-bond acceptors (Lipinski definition) is 5. The van der Waals surface area contributed by atoms with Gasteiger partial charge in [0, 0.05) is 5.69 Å². The summed E-state index contributed by atoms with van der Waals surface area (Å²) in [7, 11) is 1.53.